The molecule has 0 aliphatic rings. The van der Waals surface area contributed by atoms with Crippen molar-refractivity contribution < 1.29 is 9.30 Å². The van der Waals surface area contributed by atoms with Gasteiger partial charge in [-0.15, -0.1) is 0 Å². The molecule has 14 rings (SSSR count). The van der Waals surface area contributed by atoms with Crippen molar-refractivity contribution >= 4 is 76.5 Å². The van der Waals surface area contributed by atoms with Crippen LogP contribution in [0.4, 0.5) is 0 Å². The summed E-state index contributed by atoms with van der Waals surface area (Å²) >= 11 is 0. The first-order valence-electron chi connectivity index (χ1n) is 22.6. The molecule has 0 aliphatic carbocycles. The van der Waals surface area contributed by atoms with E-state index < -0.39 is 0 Å². The van der Waals surface area contributed by atoms with Crippen molar-refractivity contribution in [2.45, 2.75) is 0 Å². The molecule has 0 aliphatic heterocycles. The fourth-order valence-corrected chi connectivity index (χ4v) is 10.5. The first kappa shape index (κ1) is 37.2. The van der Waals surface area contributed by atoms with Crippen molar-refractivity contribution in [3.05, 3.63) is 237 Å². The van der Waals surface area contributed by atoms with Crippen LogP contribution in [-0.4, -0.2) is 23.3 Å². The summed E-state index contributed by atoms with van der Waals surface area (Å²) in [5.41, 5.74) is 12.9. The minimum absolute atomic E-state index is 0.716. The lowest BCUT2D eigenvalue weighted by molar-refractivity contribution is -0.572. The normalized spacial score (nSPS) is 11.9. The van der Waals surface area contributed by atoms with Crippen LogP contribution in [-0.2, 0) is 0 Å². The second kappa shape index (κ2) is 14.7. The second-order valence-electron chi connectivity index (χ2n) is 16.9. The van der Waals surface area contributed by atoms with E-state index in [1.54, 1.807) is 0 Å². The van der Waals surface area contributed by atoms with Gasteiger partial charge >= 0.3 is 0 Å². The van der Waals surface area contributed by atoms with Crippen LogP contribution in [0, 0.1) is 6.33 Å². The lowest BCUT2D eigenvalue weighted by atomic mass is 10.0. The topological polar surface area (TPSA) is 45.7 Å². The number of imidazole rings is 1. The molecule has 314 valence electrons. The van der Waals surface area contributed by atoms with E-state index in [9.17, 15) is 0 Å². The van der Waals surface area contributed by atoms with Gasteiger partial charge in [0.25, 0.3) is 6.33 Å². The number of benzene rings is 9. The number of pyridine rings is 1. The number of nitrogens with zero attached hydrogens (tertiary/aromatic N) is 6. The highest BCUT2D eigenvalue weighted by atomic mass is 16.5. The summed E-state index contributed by atoms with van der Waals surface area (Å²) < 4.78 is 18.4. The van der Waals surface area contributed by atoms with Gasteiger partial charge in [-0.3, -0.25) is 13.7 Å². The van der Waals surface area contributed by atoms with Crippen molar-refractivity contribution in [1.82, 2.24) is 23.3 Å². The summed E-state index contributed by atoms with van der Waals surface area (Å²) in [6.07, 6.45) is 5.50. The van der Waals surface area contributed by atoms with E-state index in [1.165, 1.54) is 16.2 Å². The summed E-state index contributed by atoms with van der Waals surface area (Å²) in [5, 5.41) is 6.97. The van der Waals surface area contributed by atoms with Crippen molar-refractivity contribution in [2.24, 2.45) is 0 Å². The van der Waals surface area contributed by atoms with Gasteiger partial charge in [0.05, 0.1) is 55.5 Å². The van der Waals surface area contributed by atoms with E-state index in [-0.39, 0.29) is 0 Å². The molecule has 7 heteroatoms. The highest BCUT2D eigenvalue weighted by Crippen LogP contribution is 2.50. The van der Waals surface area contributed by atoms with E-state index >= 15 is 0 Å². The van der Waals surface area contributed by atoms with Gasteiger partial charge in [-0.1, -0.05) is 127 Å². The summed E-state index contributed by atoms with van der Waals surface area (Å²) in [5.74, 6) is 2.26. The molecular weight excluding hydrogens is 821 g/mol. The maximum Gasteiger partial charge on any atom is 0.269 e. The molecule has 0 N–H and O–H groups in total. The Hall–Kier alpha value is -9.20. The van der Waals surface area contributed by atoms with Crippen LogP contribution in [0.3, 0.4) is 0 Å². The average molecular weight is 859 g/mol. The van der Waals surface area contributed by atoms with Gasteiger partial charge < -0.3 is 13.9 Å². The third-order valence-corrected chi connectivity index (χ3v) is 13.2. The number of hydrogen-bond donors (Lipinski definition) is 0. The van der Waals surface area contributed by atoms with Crippen LogP contribution in [0.2, 0.25) is 0 Å². The van der Waals surface area contributed by atoms with Gasteiger partial charge in [0.15, 0.2) is 0 Å². The van der Waals surface area contributed by atoms with Crippen LogP contribution >= 0.6 is 0 Å². The molecule has 7 nitrogen and oxygen atoms in total. The van der Waals surface area contributed by atoms with Crippen LogP contribution in [0.1, 0.15) is 0 Å². The van der Waals surface area contributed by atoms with Gasteiger partial charge in [0.1, 0.15) is 17.3 Å². The lowest BCUT2D eigenvalue weighted by Gasteiger charge is -2.13. The largest absolute Gasteiger partial charge is 0.458 e. The van der Waals surface area contributed by atoms with Crippen molar-refractivity contribution in [1.29, 1.82) is 0 Å². The van der Waals surface area contributed by atoms with E-state index in [2.05, 4.69) is 229 Å². The summed E-state index contributed by atoms with van der Waals surface area (Å²) in [6, 6.07) is 78.9. The highest BCUT2D eigenvalue weighted by molar-refractivity contribution is 6.40. The smallest absolute Gasteiger partial charge is 0.269 e. The zero-order valence-electron chi connectivity index (χ0n) is 36.0. The van der Waals surface area contributed by atoms with Gasteiger partial charge in [-0.25, -0.2) is 4.98 Å². The fraction of sp³-hybridized carbons (Fsp3) is 0. The van der Waals surface area contributed by atoms with Gasteiger partial charge in [0, 0.05) is 56.0 Å². The predicted molar refractivity (Wildman–Crippen MR) is 271 cm³/mol. The Kier molecular flexibility index (Phi) is 8.15. The Labute approximate surface area is 384 Å². The average Bonchev–Trinajstić information content (AvgIpc) is 4.14. The van der Waals surface area contributed by atoms with Crippen LogP contribution in [0.15, 0.2) is 231 Å². The van der Waals surface area contributed by atoms with Crippen LogP contribution in [0.25, 0.3) is 105 Å². The Morgan fingerprint density at radius 2 is 0.910 bits per heavy atom. The third kappa shape index (κ3) is 5.58. The number of aromatic nitrogens is 6. The zero-order valence-corrected chi connectivity index (χ0v) is 36.0. The van der Waals surface area contributed by atoms with Gasteiger partial charge in [-0.05, 0) is 91.0 Å². The fourth-order valence-electron chi connectivity index (χ4n) is 10.5. The zero-order chi connectivity index (χ0) is 44.0. The maximum atomic E-state index is 6.91. The molecule has 0 saturated carbocycles. The summed E-state index contributed by atoms with van der Waals surface area (Å²) in [6.45, 7) is 0. The Bertz CT molecular complexity index is 4220. The number of ether oxygens (including phenoxy) is 1. The van der Waals surface area contributed by atoms with Crippen LogP contribution in [0.5, 0.6) is 11.5 Å². The van der Waals surface area contributed by atoms with Crippen LogP contribution < -0.4 is 9.30 Å². The Morgan fingerprint density at radius 1 is 0.388 bits per heavy atom. The standard InChI is InChI=1S/C60H38N6O/c1-4-19-40(20-5-1)62-39-63(52-32-15-14-31-51(52)62)43-25-18-26-44(37-43)67-45-34-35-48-53(38-45)66(54-33-16-17-36-61-54)60-56-47-28-11-13-30-50(47)64(41-21-6-2-7-22-41)58(56)55-46-27-10-12-29-49(46)65(59(55)57(48)60)42-23-8-3-9-24-42/h1-38H. The molecule has 9 aromatic carbocycles. The number of fused-ring (bicyclic) bond motifs is 13. The molecule has 0 atom stereocenters. The van der Waals surface area contributed by atoms with E-state index in [1.807, 2.05) is 30.5 Å². The highest BCUT2D eigenvalue weighted by Gasteiger charge is 2.29. The third-order valence-electron chi connectivity index (χ3n) is 13.2. The van der Waals surface area contributed by atoms with Crippen molar-refractivity contribution in [3.8, 4) is 40.1 Å². The van der Waals surface area contributed by atoms with E-state index in [0.29, 0.717) is 5.75 Å². The second-order valence-corrected chi connectivity index (χ2v) is 16.9. The predicted octanol–water partition coefficient (Wildman–Crippen LogP) is 14.2. The van der Waals surface area contributed by atoms with Gasteiger partial charge in [0.2, 0.25) is 0 Å². The Morgan fingerprint density at radius 3 is 1.54 bits per heavy atom. The lowest BCUT2D eigenvalue weighted by Crippen LogP contribution is -2.29. The quantitative estimate of drug-likeness (QED) is 0.118. The first-order chi connectivity index (χ1) is 33.3. The molecule has 5 heterocycles. The number of para-hydroxylation sites is 7. The number of rotatable bonds is 7. The SMILES string of the molecule is [c-]1n(-c2ccccc2)c2ccccc2[n+]1-c1cccc(Oc2ccc3c4c5c(c6ccccc6n5-c5ccccc5)c5c(c6ccccc6n5-c5ccccc5)c4n(-c4ccccn4)c3c2)c1. The molecular formula is C60H38N6O. The molecule has 0 fully saturated rings. The first-order valence-corrected chi connectivity index (χ1v) is 22.6. The Balaban J connectivity index is 1.07. The summed E-state index contributed by atoms with van der Waals surface area (Å²) in [7, 11) is 0. The molecule has 0 unspecified atom stereocenters. The summed E-state index contributed by atoms with van der Waals surface area (Å²) in [4.78, 5) is 5.08. The molecule has 67 heavy (non-hydrogen) atoms. The minimum Gasteiger partial charge on any atom is -0.458 e. The van der Waals surface area contributed by atoms with Crippen molar-refractivity contribution in [2.75, 3.05) is 0 Å². The maximum absolute atomic E-state index is 6.91. The molecule has 0 spiro atoms. The molecule has 0 bridgehead atoms. The molecule has 0 amide bonds. The molecule has 5 aromatic heterocycles. The van der Waals surface area contributed by atoms with Gasteiger partial charge in [-0.2, -0.15) is 0 Å². The molecule has 0 radical (unpaired) electrons. The molecule has 0 saturated heterocycles. The number of hydrogen-bond acceptors (Lipinski definition) is 2. The van der Waals surface area contributed by atoms with E-state index in [0.717, 1.165) is 94.6 Å². The van der Waals surface area contributed by atoms with Crippen molar-refractivity contribution in [3.63, 3.8) is 0 Å². The van der Waals surface area contributed by atoms with E-state index in [4.69, 9.17) is 9.72 Å². The monoisotopic (exact) mass is 858 g/mol. The molecule has 14 aromatic rings. The minimum atomic E-state index is 0.716.